The van der Waals surface area contributed by atoms with E-state index >= 15 is 0 Å². The van der Waals surface area contributed by atoms with E-state index in [0.29, 0.717) is 29.3 Å². The summed E-state index contributed by atoms with van der Waals surface area (Å²) in [6.45, 7) is 0.663. The standard InChI is InChI=1S/C15H16N6O3S/c1-18-9-10(8-16-18)12(22)7-11-3-2-4-19(11)13-14(21(23)24)20-5-6-25-15(20)17-13/h5-6,8-9,11H,2-4,7H2,1H3. The van der Waals surface area contributed by atoms with Crippen LogP contribution in [0.25, 0.3) is 4.96 Å². The molecule has 0 saturated carbocycles. The van der Waals surface area contributed by atoms with Gasteiger partial charge in [0.1, 0.15) is 6.20 Å². The van der Waals surface area contributed by atoms with Crippen LogP contribution < -0.4 is 4.90 Å². The van der Waals surface area contributed by atoms with E-state index in [1.165, 1.54) is 15.7 Å². The van der Waals surface area contributed by atoms with Gasteiger partial charge in [0.2, 0.25) is 5.82 Å². The molecule has 1 saturated heterocycles. The molecule has 1 unspecified atom stereocenters. The van der Waals surface area contributed by atoms with E-state index in [1.54, 1.807) is 35.7 Å². The van der Waals surface area contributed by atoms with Crippen molar-refractivity contribution in [1.29, 1.82) is 0 Å². The van der Waals surface area contributed by atoms with Crippen LogP contribution in [0.4, 0.5) is 11.6 Å². The number of aromatic nitrogens is 4. The Morgan fingerprint density at radius 2 is 2.36 bits per heavy atom. The summed E-state index contributed by atoms with van der Waals surface area (Å²) in [5.41, 5.74) is 0.565. The van der Waals surface area contributed by atoms with E-state index in [0.717, 1.165) is 12.8 Å². The summed E-state index contributed by atoms with van der Waals surface area (Å²) in [5.74, 6) is 0.323. The first-order valence-corrected chi connectivity index (χ1v) is 8.81. The maximum atomic E-state index is 12.5. The minimum Gasteiger partial charge on any atom is -0.358 e. The fraction of sp³-hybridized carbons (Fsp3) is 0.400. The molecule has 3 aromatic heterocycles. The van der Waals surface area contributed by atoms with Crippen molar-refractivity contribution >= 4 is 33.7 Å². The highest BCUT2D eigenvalue weighted by atomic mass is 32.1. The molecule has 3 aromatic rings. The summed E-state index contributed by atoms with van der Waals surface area (Å²) in [5, 5.41) is 17.3. The van der Waals surface area contributed by atoms with Crippen LogP contribution in [0.1, 0.15) is 29.6 Å². The number of anilines is 1. The SMILES string of the molecule is Cn1cc(C(=O)CC2CCCN2c2nc3sccn3c2[N+](=O)[O-])cn1. The van der Waals surface area contributed by atoms with Gasteiger partial charge in [-0.1, -0.05) is 11.3 Å². The Hall–Kier alpha value is -2.75. The van der Waals surface area contributed by atoms with Gasteiger partial charge < -0.3 is 15.0 Å². The van der Waals surface area contributed by atoms with Gasteiger partial charge in [-0.05, 0) is 17.8 Å². The van der Waals surface area contributed by atoms with Crippen molar-refractivity contribution in [2.75, 3.05) is 11.4 Å². The number of rotatable bonds is 5. The number of ketones is 1. The summed E-state index contributed by atoms with van der Waals surface area (Å²) >= 11 is 1.36. The number of carbonyl (C=O) groups excluding carboxylic acids is 1. The summed E-state index contributed by atoms with van der Waals surface area (Å²) in [4.78, 5) is 30.6. The molecule has 25 heavy (non-hydrogen) atoms. The molecular weight excluding hydrogens is 344 g/mol. The first kappa shape index (κ1) is 15.8. The van der Waals surface area contributed by atoms with Crippen LogP contribution in [-0.2, 0) is 7.05 Å². The number of carbonyl (C=O) groups is 1. The average molecular weight is 360 g/mol. The molecule has 4 rings (SSSR count). The van der Waals surface area contributed by atoms with Gasteiger partial charge in [-0.2, -0.15) is 14.5 Å². The van der Waals surface area contributed by atoms with Crippen molar-refractivity contribution in [2.45, 2.75) is 25.3 Å². The van der Waals surface area contributed by atoms with Crippen molar-refractivity contribution in [3.8, 4) is 0 Å². The summed E-state index contributed by atoms with van der Waals surface area (Å²) in [6.07, 6.45) is 6.89. The molecule has 4 heterocycles. The molecule has 0 aromatic carbocycles. The van der Waals surface area contributed by atoms with Gasteiger partial charge in [-0.3, -0.25) is 9.48 Å². The van der Waals surface area contributed by atoms with Gasteiger partial charge in [0.15, 0.2) is 5.78 Å². The molecule has 1 aliphatic heterocycles. The molecule has 0 radical (unpaired) electrons. The number of fused-ring (bicyclic) bond motifs is 1. The molecule has 0 spiro atoms. The molecule has 0 bridgehead atoms. The highest BCUT2D eigenvalue weighted by molar-refractivity contribution is 7.15. The van der Waals surface area contributed by atoms with Crippen molar-refractivity contribution < 1.29 is 9.72 Å². The van der Waals surface area contributed by atoms with Gasteiger partial charge in [0, 0.05) is 37.6 Å². The third-order valence-electron chi connectivity index (χ3n) is 4.49. The number of aryl methyl sites for hydroxylation is 1. The van der Waals surface area contributed by atoms with E-state index in [9.17, 15) is 14.9 Å². The zero-order valence-electron chi connectivity index (χ0n) is 13.5. The molecule has 1 atom stereocenters. The predicted molar refractivity (Wildman–Crippen MR) is 92.2 cm³/mol. The third kappa shape index (κ3) is 2.68. The van der Waals surface area contributed by atoms with E-state index in [4.69, 9.17) is 0 Å². The summed E-state index contributed by atoms with van der Waals surface area (Å²) in [7, 11) is 1.76. The fourth-order valence-corrected chi connectivity index (χ4v) is 4.05. The van der Waals surface area contributed by atoms with Gasteiger partial charge >= 0.3 is 5.82 Å². The number of Topliss-reactive ketones (excluding diaryl/α,β-unsaturated/α-hetero) is 1. The first-order chi connectivity index (χ1) is 12.0. The third-order valence-corrected chi connectivity index (χ3v) is 5.25. The summed E-state index contributed by atoms with van der Waals surface area (Å²) < 4.78 is 3.09. The Morgan fingerprint density at radius 3 is 3.08 bits per heavy atom. The molecule has 0 N–H and O–H groups in total. The maximum absolute atomic E-state index is 12.5. The number of thiazole rings is 1. The van der Waals surface area contributed by atoms with Gasteiger partial charge in [-0.25, -0.2) is 0 Å². The van der Waals surface area contributed by atoms with Crippen LogP contribution in [0.3, 0.4) is 0 Å². The van der Waals surface area contributed by atoms with Crippen LogP contribution in [-0.4, -0.2) is 42.5 Å². The lowest BCUT2D eigenvalue weighted by molar-refractivity contribution is -0.389. The Bertz CT molecular complexity index is 958. The lowest BCUT2D eigenvalue weighted by Crippen LogP contribution is -2.32. The molecule has 1 fully saturated rings. The van der Waals surface area contributed by atoms with Gasteiger partial charge in [0.25, 0.3) is 4.96 Å². The van der Waals surface area contributed by atoms with Crippen molar-refractivity contribution in [3.63, 3.8) is 0 Å². The predicted octanol–water partition coefficient (Wildman–Crippen LogP) is 2.28. The lowest BCUT2D eigenvalue weighted by atomic mass is 10.0. The van der Waals surface area contributed by atoms with Crippen LogP contribution in [0.5, 0.6) is 0 Å². The zero-order chi connectivity index (χ0) is 17.6. The number of nitro groups is 1. The number of hydrogen-bond acceptors (Lipinski definition) is 7. The van der Waals surface area contributed by atoms with E-state index in [-0.39, 0.29) is 17.6 Å². The maximum Gasteiger partial charge on any atom is 0.373 e. The Kier molecular flexibility index (Phi) is 3.75. The van der Waals surface area contributed by atoms with Crippen molar-refractivity contribution in [3.05, 3.63) is 39.6 Å². The minimum absolute atomic E-state index is 0.00586. The van der Waals surface area contributed by atoms with E-state index < -0.39 is 4.92 Å². The molecule has 0 amide bonds. The van der Waals surface area contributed by atoms with Crippen molar-refractivity contribution in [2.24, 2.45) is 7.05 Å². The number of nitrogens with zero attached hydrogens (tertiary/aromatic N) is 6. The first-order valence-electron chi connectivity index (χ1n) is 7.93. The second-order valence-corrected chi connectivity index (χ2v) is 6.96. The molecule has 1 aliphatic rings. The van der Waals surface area contributed by atoms with E-state index in [1.807, 2.05) is 4.90 Å². The largest absolute Gasteiger partial charge is 0.373 e. The Balaban J connectivity index is 1.63. The zero-order valence-corrected chi connectivity index (χ0v) is 14.3. The molecule has 130 valence electrons. The molecular formula is C15H16N6O3S. The second-order valence-electron chi connectivity index (χ2n) is 6.09. The highest BCUT2D eigenvalue weighted by Gasteiger charge is 2.35. The number of imidazole rings is 1. The normalized spacial score (nSPS) is 17.5. The average Bonchev–Trinajstić information content (AvgIpc) is 3.28. The molecule has 10 heteroatoms. The monoisotopic (exact) mass is 360 g/mol. The van der Waals surface area contributed by atoms with Crippen LogP contribution in [0.2, 0.25) is 0 Å². The Labute approximate surface area is 146 Å². The molecule has 0 aliphatic carbocycles. The van der Waals surface area contributed by atoms with Crippen molar-refractivity contribution in [1.82, 2.24) is 19.2 Å². The summed E-state index contributed by atoms with van der Waals surface area (Å²) in [6, 6.07) is -0.0870. The van der Waals surface area contributed by atoms with Crippen LogP contribution in [0, 0.1) is 10.1 Å². The van der Waals surface area contributed by atoms with E-state index in [2.05, 4.69) is 10.1 Å². The van der Waals surface area contributed by atoms with Gasteiger partial charge in [-0.15, -0.1) is 0 Å². The van der Waals surface area contributed by atoms with Gasteiger partial charge in [0.05, 0.1) is 11.8 Å². The van der Waals surface area contributed by atoms with Crippen LogP contribution >= 0.6 is 11.3 Å². The highest BCUT2D eigenvalue weighted by Crippen LogP contribution is 2.36. The smallest absolute Gasteiger partial charge is 0.358 e. The second kappa shape index (κ2) is 5.96. The lowest BCUT2D eigenvalue weighted by Gasteiger charge is -2.23. The number of hydrogen-bond donors (Lipinski definition) is 0. The fourth-order valence-electron chi connectivity index (χ4n) is 3.35. The minimum atomic E-state index is -0.402. The molecule has 9 nitrogen and oxygen atoms in total. The topological polar surface area (TPSA) is 98.6 Å². The quantitative estimate of drug-likeness (QED) is 0.393. The Morgan fingerprint density at radius 1 is 1.52 bits per heavy atom. The van der Waals surface area contributed by atoms with Crippen LogP contribution in [0.15, 0.2) is 24.0 Å².